The fourth-order valence-corrected chi connectivity index (χ4v) is 6.06. The van der Waals surface area contributed by atoms with Gasteiger partial charge in [-0.1, -0.05) is 68.4 Å². The molecule has 0 atom stereocenters. The maximum atomic E-state index is 12.8. The number of hydrogen-bond donors (Lipinski definition) is 2. The lowest BCUT2D eigenvalue weighted by molar-refractivity contribution is 0.0916. The maximum absolute atomic E-state index is 12.8. The monoisotopic (exact) mass is 502 g/mol. The highest BCUT2D eigenvalue weighted by Gasteiger charge is 2.28. The Morgan fingerprint density at radius 2 is 1.82 bits per heavy atom. The summed E-state index contributed by atoms with van der Waals surface area (Å²) in [6, 6.07) is 4.29. The number of carbonyl (C=O) groups is 1. The van der Waals surface area contributed by atoms with E-state index in [0.717, 1.165) is 52.2 Å². The fourth-order valence-electron chi connectivity index (χ4n) is 4.45. The van der Waals surface area contributed by atoms with Crippen LogP contribution in [0.1, 0.15) is 79.5 Å². The van der Waals surface area contributed by atoms with Gasteiger partial charge in [-0.3, -0.25) is 9.89 Å². The molecule has 2 aliphatic rings. The van der Waals surface area contributed by atoms with E-state index < -0.39 is 0 Å². The van der Waals surface area contributed by atoms with Crippen LogP contribution in [0.3, 0.4) is 0 Å². The zero-order valence-corrected chi connectivity index (χ0v) is 21.2. The molecular formula is C25H28Cl2N4OS. The summed E-state index contributed by atoms with van der Waals surface area (Å²) >= 11 is 15.1. The Balaban J connectivity index is 1.52. The number of benzene rings is 1. The largest absolute Gasteiger partial charge is 0.347 e. The minimum absolute atomic E-state index is 0.0791. The Labute approximate surface area is 208 Å². The topological polar surface area (TPSA) is 70.7 Å². The van der Waals surface area contributed by atoms with Gasteiger partial charge in [-0.15, -0.1) is 11.3 Å². The number of hydrogen-bond acceptors (Lipinski definition) is 4. The lowest BCUT2D eigenvalue weighted by atomic mass is 9.82. The molecule has 2 aliphatic carbocycles. The summed E-state index contributed by atoms with van der Waals surface area (Å²) in [6.45, 7) is 4.22. The van der Waals surface area contributed by atoms with E-state index >= 15 is 0 Å². The molecule has 2 N–H and O–H groups in total. The number of nitrogens with zero attached hydrogens (tertiary/aromatic N) is 2. The predicted octanol–water partition coefficient (Wildman–Crippen LogP) is 7.26. The van der Waals surface area contributed by atoms with E-state index in [0.29, 0.717) is 21.0 Å². The number of rotatable bonds is 7. The number of halogens is 2. The second-order valence-corrected chi connectivity index (χ2v) is 11.3. The lowest BCUT2D eigenvalue weighted by Gasteiger charge is -2.25. The van der Waals surface area contributed by atoms with Gasteiger partial charge in [0.15, 0.2) is 5.01 Å². The third-order valence-corrected chi connectivity index (χ3v) is 8.91. The number of aromatic amines is 1. The predicted molar refractivity (Wildman–Crippen MR) is 135 cm³/mol. The molecule has 2 saturated carbocycles. The van der Waals surface area contributed by atoms with E-state index in [1.807, 2.05) is 12.1 Å². The molecular weight excluding hydrogens is 475 g/mol. The first-order valence-corrected chi connectivity index (χ1v) is 13.3. The van der Waals surface area contributed by atoms with Gasteiger partial charge in [-0.05, 0) is 37.5 Å². The molecule has 1 aromatic carbocycles. The highest BCUT2D eigenvalue weighted by atomic mass is 35.5. The molecule has 2 aromatic heterocycles. The van der Waals surface area contributed by atoms with Crippen LogP contribution in [0, 0.1) is 5.92 Å². The van der Waals surface area contributed by atoms with Crippen molar-refractivity contribution >= 4 is 40.4 Å². The minimum Gasteiger partial charge on any atom is -0.347 e. The number of thiazole rings is 1. The quantitative estimate of drug-likeness (QED) is 0.357. The molecule has 8 heteroatoms. The van der Waals surface area contributed by atoms with Gasteiger partial charge in [0.2, 0.25) is 0 Å². The first kappa shape index (κ1) is 22.9. The van der Waals surface area contributed by atoms with Gasteiger partial charge < -0.3 is 5.32 Å². The fraction of sp³-hybridized carbons (Fsp3) is 0.480. The Bertz CT molecular complexity index is 1180. The van der Waals surface area contributed by atoms with E-state index in [4.69, 9.17) is 28.2 Å². The number of nitrogens with one attached hydrogen (secondary N) is 2. The van der Waals surface area contributed by atoms with Gasteiger partial charge in [0.25, 0.3) is 5.91 Å². The summed E-state index contributed by atoms with van der Waals surface area (Å²) in [6.07, 6.45) is 9.64. The molecule has 0 radical (unpaired) electrons. The number of aromatic nitrogens is 3. The highest BCUT2D eigenvalue weighted by Crippen LogP contribution is 2.45. The zero-order chi connectivity index (χ0) is 23.1. The summed E-state index contributed by atoms with van der Waals surface area (Å²) in [5.41, 5.74) is 4.65. The molecule has 0 unspecified atom stereocenters. The number of carbonyl (C=O) groups excluding carboxylic acids is 1. The third-order valence-electron chi connectivity index (χ3n) is 6.90. The molecule has 174 valence electrons. The Morgan fingerprint density at radius 1 is 1.12 bits per heavy atom. The minimum atomic E-state index is -0.0791. The standard InChI is InChI=1S/C25H28Cl2N4OS/c1-13(2)22-18(12-28-31-22)16-9-10-17(21(27)20(16)26)23-19(11-14-5-3-6-14)30-25(33-23)24(32)29-15-7-4-8-15/h9-10,12-15H,3-8,11H2,1-2H3,(H,28,31)(H,29,32). The van der Waals surface area contributed by atoms with Crippen LogP contribution in [0.15, 0.2) is 18.3 Å². The van der Waals surface area contributed by atoms with Crippen molar-refractivity contribution in [1.82, 2.24) is 20.5 Å². The van der Waals surface area contributed by atoms with Crippen molar-refractivity contribution in [2.45, 2.75) is 70.8 Å². The van der Waals surface area contributed by atoms with Gasteiger partial charge in [0, 0.05) is 28.4 Å². The van der Waals surface area contributed by atoms with Crippen molar-refractivity contribution in [3.63, 3.8) is 0 Å². The maximum Gasteiger partial charge on any atom is 0.280 e. The molecule has 1 amide bonds. The highest BCUT2D eigenvalue weighted by molar-refractivity contribution is 7.17. The van der Waals surface area contributed by atoms with Crippen molar-refractivity contribution in [1.29, 1.82) is 0 Å². The van der Waals surface area contributed by atoms with Crippen molar-refractivity contribution in [2.75, 3.05) is 0 Å². The van der Waals surface area contributed by atoms with E-state index in [1.165, 1.54) is 37.0 Å². The van der Waals surface area contributed by atoms with Crippen LogP contribution in [0.25, 0.3) is 21.6 Å². The number of H-pyrrole nitrogens is 1. The number of amides is 1. The van der Waals surface area contributed by atoms with Crippen LogP contribution in [-0.2, 0) is 6.42 Å². The van der Waals surface area contributed by atoms with Gasteiger partial charge in [0.05, 0.1) is 26.8 Å². The van der Waals surface area contributed by atoms with Crippen molar-refractivity contribution in [3.05, 3.63) is 44.8 Å². The Hall–Kier alpha value is -1.89. The first-order chi connectivity index (χ1) is 15.9. The third kappa shape index (κ3) is 4.45. The second-order valence-electron chi connectivity index (χ2n) is 9.54. The Kier molecular flexibility index (Phi) is 6.51. The first-order valence-electron chi connectivity index (χ1n) is 11.7. The summed E-state index contributed by atoms with van der Waals surface area (Å²) < 4.78 is 0. The van der Waals surface area contributed by atoms with Gasteiger partial charge in [-0.2, -0.15) is 5.10 Å². The van der Waals surface area contributed by atoms with Crippen LogP contribution >= 0.6 is 34.5 Å². The molecule has 33 heavy (non-hydrogen) atoms. The van der Waals surface area contributed by atoms with E-state index in [2.05, 4.69) is 29.4 Å². The second kappa shape index (κ2) is 9.40. The van der Waals surface area contributed by atoms with Crippen LogP contribution in [0.2, 0.25) is 10.0 Å². The molecule has 3 aromatic rings. The SMILES string of the molecule is CC(C)c1[nH]ncc1-c1ccc(-c2sc(C(=O)NC3CCC3)nc2CC2CCC2)c(Cl)c1Cl. The molecule has 0 saturated heterocycles. The van der Waals surface area contributed by atoms with Crippen LogP contribution in [0.4, 0.5) is 0 Å². The molecule has 0 spiro atoms. The Morgan fingerprint density at radius 3 is 2.45 bits per heavy atom. The van der Waals surface area contributed by atoms with Gasteiger partial charge in [0.1, 0.15) is 0 Å². The summed E-state index contributed by atoms with van der Waals surface area (Å²) in [5.74, 6) is 0.829. The molecule has 2 heterocycles. The molecule has 5 nitrogen and oxygen atoms in total. The molecule has 0 bridgehead atoms. The normalized spacial score (nSPS) is 16.6. The van der Waals surface area contributed by atoms with E-state index in [1.54, 1.807) is 6.20 Å². The smallest absolute Gasteiger partial charge is 0.280 e. The molecule has 5 rings (SSSR count). The zero-order valence-electron chi connectivity index (χ0n) is 18.9. The van der Waals surface area contributed by atoms with E-state index in [-0.39, 0.29) is 17.9 Å². The van der Waals surface area contributed by atoms with Crippen molar-refractivity contribution in [2.24, 2.45) is 5.92 Å². The van der Waals surface area contributed by atoms with Crippen LogP contribution < -0.4 is 5.32 Å². The van der Waals surface area contributed by atoms with Crippen LogP contribution in [-0.4, -0.2) is 27.1 Å². The molecule has 2 fully saturated rings. The average molecular weight is 503 g/mol. The van der Waals surface area contributed by atoms with Crippen molar-refractivity contribution in [3.8, 4) is 21.6 Å². The van der Waals surface area contributed by atoms with Gasteiger partial charge in [-0.25, -0.2) is 4.98 Å². The summed E-state index contributed by atoms with van der Waals surface area (Å²) in [5, 5.41) is 11.9. The van der Waals surface area contributed by atoms with Crippen molar-refractivity contribution < 1.29 is 4.79 Å². The van der Waals surface area contributed by atoms with Crippen LogP contribution in [0.5, 0.6) is 0 Å². The summed E-state index contributed by atoms with van der Waals surface area (Å²) in [7, 11) is 0. The van der Waals surface area contributed by atoms with E-state index in [9.17, 15) is 4.79 Å². The average Bonchev–Trinajstić information content (AvgIpc) is 3.37. The summed E-state index contributed by atoms with van der Waals surface area (Å²) in [4.78, 5) is 18.6. The molecule has 0 aliphatic heterocycles. The lowest BCUT2D eigenvalue weighted by Crippen LogP contribution is -2.39. The van der Waals surface area contributed by atoms with Gasteiger partial charge >= 0.3 is 0 Å².